The summed E-state index contributed by atoms with van der Waals surface area (Å²) in [6, 6.07) is 10.3. The number of hydrogen-bond donors (Lipinski definition) is 3. The zero-order chi connectivity index (χ0) is 15.7. The summed E-state index contributed by atoms with van der Waals surface area (Å²) in [6.45, 7) is 1.97. The van der Waals surface area contributed by atoms with Gasteiger partial charge in [0.2, 0.25) is 0 Å². The molecule has 1 heterocycles. The smallest absolute Gasteiger partial charge is 0.335 e. The summed E-state index contributed by atoms with van der Waals surface area (Å²) in [5, 5.41) is 13.0. The van der Waals surface area contributed by atoms with Gasteiger partial charge in [-0.15, -0.1) is 0 Å². The second-order valence-electron chi connectivity index (χ2n) is 4.96. The number of aromatic carboxylic acids is 1. The first kappa shape index (κ1) is 13.8. The maximum absolute atomic E-state index is 11.0. The van der Waals surface area contributed by atoms with Gasteiger partial charge in [0.05, 0.1) is 11.1 Å². The zero-order valence-corrected chi connectivity index (χ0v) is 11.9. The zero-order valence-electron chi connectivity index (χ0n) is 11.9. The number of aryl methyl sites for hydroxylation is 1. The van der Waals surface area contributed by atoms with Crippen LogP contribution in [0.2, 0.25) is 0 Å². The van der Waals surface area contributed by atoms with Crippen molar-refractivity contribution in [1.29, 1.82) is 0 Å². The van der Waals surface area contributed by atoms with Crippen LogP contribution in [0.25, 0.3) is 10.9 Å². The summed E-state index contributed by atoms with van der Waals surface area (Å²) < 4.78 is 0. The number of fused-ring (bicyclic) bond motifs is 1. The molecule has 110 valence electrons. The van der Waals surface area contributed by atoms with Gasteiger partial charge >= 0.3 is 5.97 Å². The SMILES string of the molecule is Cc1ccc(N)cc1Nc1ncnc2cc(C(=O)O)ccc12. The van der Waals surface area contributed by atoms with Gasteiger partial charge in [-0.05, 0) is 42.8 Å². The molecule has 6 nitrogen and oxygen atoms in total. The van der Waals surface area contributed by atoms with E-state index in [1.807, 2.05) is 25.1 Å². The fourth-order valence-corrected chi connectivity index (χ4v) is 2.19. The Morgan fingerprint density at radius 2 is 2.00 bits per heavy atom. The summed E-state index contributed by atoms with van der Waals surface area (Å²) in [6.07, 6.45) is 1.40. The fourth-order valence-electron chi connectivity index (χ4n) is 2.19. The van der Waals surface area contributed by atoms with Crippen molar-refractivity contribution in [2.24, 2.45) is 0 Å². The molecule has 0 aliphatic rings. The van der Waals surface area contributed by atoms with Gasteiger partial charge in [-0.1, -0.05) is 6.07 Å². The Morgan fingerprint density at radius 3 is 2.77 bits per heavy atom. The lowest BCUT2D eigenvalue weighted by molar-refractivity contribution is 0.0697. The molecule has 0 spiro atoms. The Kier molecular flexibility index (Phi) is 3.34. The predicted octanol–water partition coefficient (Wildman–Crippen LogP) is 2.96. The van der Waals surface area contributed by atoms with E-state index in [1.54, 1.807) is 6.07 Å². The maximum Gasteiger partial charge on any atom is 0.335 e. The highest BCUT2D eigenvalue weighted by Crippen LogP contribution is 2.26. The molecule has 2 aromatic carbocycles. The van der Waals surface area contributed by atoms with E-state index in [1.165, 1.54) is 18.5 Å². The number of rotatable bonds is 3. The van der Waals surface area contributed by atoms with Crippen LogP contribution < -0.4 is 11.1 Å². The van der Waals surface area contributed by atoms with Crippen LogP contribution >= 0.6 is 0 Å². The number of aromatic nitrogens is 2. The number of nitrogens with one attached hydrogen (secondary N) is 1. The van der Waals surface area contributed by atoms with Gasteiger partial charge in [-0.2, -0.15) is 0 Å². The molecule has 3 aromatic rings. The van der Waals surface area contributed by atoms with Gasteiger partial charge in [-0.25, -0.2) is 14.8 Å². The minimum absolute atomic E-state index is 0.192. The molecule has 0 fully saturated rings. The Balaban J connectivity index is 2.07. The van der Waals surface area contributed by atoms with Crippen molar-refractivity contribution in [3.05, 3.63) is 53.9 Å². The molecule has 0 saturated heterocycles. The van der Waals surface area contributed by atoms with Gasteiger partial charge in [-0.3, -0.25) is 0 Å². The molecule has 0 bridgehead atoms. The molecule has 0 radical (unpaired) electrons. The first-order valence-corrected chi connectivity index (χ1v) is 6.66. The van der Waals surface area contributed by atoms with Crippen LogP contribution in [0.15, 0.2) is 42.7 Å². The summed E-state index contributed by atoms with van der Waals surface area (Å²) in [7, 11) is 0. The van der Waals surface area contributed by atoms with Crippen LogP contribution in [-0.2, 0) is 0 Å². The van der Waals surface area contributed by atoms with Crippen molar-refractivity contribution in [2.45, 2.75) is 6.92 Å². The first-order chi connectivity index (χ1) is 10.5. The largest absolute Gasteiger partial charge is 0.478 e. The van der Waals surface area contributed by atoms with Crippen molar-refractivity contribution in [2.75, 3.05) is 11.1 Å². The Hall–Kier alpha value is -3.15. The molecule has 0 unspecified atom stereocenters. The predicted molar refractivity (Wildman–Crippen MR) is 85.4 cm³/mol. The van der Waals surface area contributed by atoms with Crippen LogP contribution in [0.1, 0.15) is 15.9 Å². The number of carboxylic acid groups (broad SMARTS) is 1. The van der Waals surface area contributed by atoms with E-state index in [4.69, 9.17) is 10.8 Å². The average molecular weight is 294 g/mol. The van der Waals surface area contributed by atoms with E-state index in [0.717, 1.165) is 16.6 Å². The van der Waals surface area contributed by atoms with Crippen molar-refractivity contribution in [1.82, 2.24) is 9.97 Å². The second kappa shape index (κ2) is 5.33. The molecule has 1 aromatic heterocycles. The highest BCUT2D eigenvalue weighted by molar-refractivity contribution is 5.97. The molecule has 0 atom stereocenters. The highest BCUT2D eigenvalue weighted by atomic mass is 16.4. The molecule has 0 aliphatic heterocycles. The lowest BCUT2D eigenvalue weighted by atomic mass is 10.1. The highest BCUT2D eigenvalue weighted by Gasteiger charge is 2.09. The minimum atomic E-state index is -0.985. The number of anilines is 3. The average Bonchev–Trinajstić information content (AvgIpc) is 2.50. The number of nitrogens with two attached hydrogens (primary N) is 1. The Morgan fingerprint density at radius 1 is 1.18 bits per heavy atom. The van der Waals surface area contributed by atoms with Crippen LogP contribution in [-0.4, -0.2) is 21.0 Å². The fraction of sp³-hybridized carbons (Fsp3) is 0.0625. The van der Waals surface area contributed by atoms with Crippen LogP contribution in [0, 0.1) is 6.92 Å². The third-order valence-corrected chi connectivity index (χ3v) is 3.40. The number of nitrogen functional groups attached to an aromatic ring is 1. The normalized spacial score (nSPS) is 10.6. The molecular formula is C16H14N4O2. The topological polar surface area (TPSA) is 101 Å². The monoisotopic (exact) mass is 294 g/mol. The van der Waals surface area contributed by atoms with Crippen molar-refractivity contribution in [3.8, 4) is 0 Å². The molecule has 22 heavy (non-hydrogen) atoms. The quantitative estimate of drug-likeness (QED) is 0.642. The van der Waals surface area contributed by atoms with E-state index >= 15 is 0 Å². The summed E-state index contributed by atoms with van der Waals surface area (Å²) in [5.41, 5.74) is 9.10. The standard InChI is InChI=1S/C16H14N4O2/c1-9-2-4-11(17)7-13(9)20-15-12-5-3-10(16(21)22)6-14(12)18-8-19-15/h2-8H,17H2,1H3,(H,21,22)(H,18,19,20). The molecule has 3 rings (SSSR count). The third-order valence-electron chi connectivity index (χ3n) is 3.40. The van der Waals surface area contributed by atoms with Crippen LogP contribution in [0.4, 0.5) is 17.2 Å². The number of nitrogens with zero attached hydrogens (tertiary/aromatic N) is 2. The Labute approximate surface area is 126 Å². The first-order valence-electron chi connectivity index (χ1n) is 6.66. The van der Waals surface area contributed by atoms with Gasteiger partial charge in [0, 0.05) is 16.8 Å². The second-order valence-corrected chi connectivity index (χ2v) is 4.96. The molecular weight excluding hydrogens is 280 g/mol. The lowest BCUT2D eigenvalue weighted by Gasteiger charge is -2.11. The molecule has 0 saturated carbocycles. The van der Waals surface area contributed by atoms with Gasteiger partial charge < -0.3 is 16.2 Å². The number of carbonyl (C=O) groups is 1. The Bertz CT molecular complexity index is 877. The van der Waals surface area contributed by atoms with Crippen molar-refractivity contribution in [3.63, 3.8) is 0 Å². The van der Waals surface area contributed by atoms with Gasteiger partial charge in [0.15, 0.2) is 0 Å². The van der Waals surface area contributed by atoms with Crippen molar-refractivity contribution >= 4 is 34.1 Å². The van der Waals surface area contributed by atoms with E-state index in [0.29, 0.717) is 17.0 Å². The van der Waals surface area contributed by atoms with E-state index in [-0.39, 0.29) is 5.56 Å². The molecule has 6 heteroatoms. The maximum atomic E-state index is 11.0. The number of carboxylic acids is 1. The number of benzene rings is 2. The van der Waals surface area contributed by atoms with E-state index in [2.05, 4.69) is 15.3 Å². The summed E-state index contributed by atoms with van der Waals surface area (Å²) in [5.74, 6) is -0.377. The van der Waals surface area contributed by atoms with Gasteiger partial charge in [0.25, 0.3) is 0 Å². The van der Waals surface area contributed by atoms with E-state index in [9.17, 15) is 4.79 Å². The molecule has 0 amide bonds. The minimum Gasteiger partial charge on any atom is -0.478 e. The van der Waals surface area contributed by atoms with Gasteiger partial charge in [0.1, 0.15) is 12.1 Å². The lowest BCUT2D eigenvalue weighted by Crippen LogP contribution is -2.00. The van der Waals surface area contributed by atoms with Crippen LogP contribution in [0.5, 0.6) is 0 Å². The van der Waals surface area contributed by atoms with Crippen LogP contribution in [0.3, 0.4) is 0 Å². The summed E-state index contributed by atoms with van der Waals surface area (Å²) in [4.78, 5) is 19.4. The summed E-state index contributed by atoms with van der Waals surface area (Å²) >= 11 is 0. The molecule has 4 N–H and O–H groups in total. The molecule has 0 aliphatic carbocycles. The van der Waals surface area contributed by atoms with Crippen molar-refractivity contribution < 1.29 is 9.90 Å². The third kappa shape index (κ3) is 2.54. The van der Waals surface area contributed by atoms with E-state index < -0.39 is 5.97 Å². The number of hydrogen-bond acceptors (Lipinski definition) is 5.